The zero-order chi connectivity index (χ0) is 24.4. The number of hydrogen-bond acceptors (Lipinski definition) is 6. The van der Waals surface area contributed by atoms with Crippen LogP contribution in [0.4, 0.5) is 0 Å². The SMILES string of the molecule is CC(C)c1nnc(C2CC3(CCN(C(=O)CC4CCCCC4)CC3)CN2CC(=O)N2CCCC2)o1. The first-order chi connectivity index (χ1) is 16.9. The molecule has 0 aromatic carbocycles. The summed E-state index contributed by atoms with van der Waals surface area (Å²) in [5.41, 5.74) is 0.101. The van der Waals surface area contributed by atoms with Crippen molar-refractivity contribution in [1.29, 1.82) is 0 Å². The van der Waals surface area contributed by atoms with Gasteiger partial charge < -0.3 is 14.2 Å². The van der Waals surface area contributed by atoms with Gasteiger partial charge in [0.2, 0.25) is 23.6 Å². The van der Waals surface area contributed by atoms with Gasteiger partial charge in [0, 0.05) is 45.1 Å². The zero-order valence-electron chi connectivity index (χ0n) is 21.7. The standard InChI is InChI=1S/C27H43N5O3/c1-20(2)25-28-29-26(35-25)22-17-27(19-32(22)18-24(34)30-12-6-7-13-30)10-14-31(15-11-27)23(33)16-21-8-4-3-5-9-21/h20-22H,3-19H2,1-2H3. The Bertz CT molecular complexity index is 879. The van der Waals surface area contributed by atoms with Crippen LogP contribution < -0.4 is 0 Å². The highest BCUT2D eigenvalue weighted by atomic mass is 16.4. The number of carbonyl (C=O) groups is 2. The molecule has 3 saturated heterocycles. The Morgan fingerprint density at radius 3 is 2.29 bits per heavy atom. The van der Waals surface area contributed by atoms with Crippen molar-refractivity contribution in [1.82, 2.24) is 24.9 Å². The van der Waals surface area contributed by atoms with E-state index >= 15 is 0 Å². The van der Waals surface area contributed by atoms with E-state index in [1.165, 1.54) is 32.1 Å². The fourth-order valence-corrected chi connectivity index (χ4v) is 6.77. The van der Waals surface area contributed by atoms with Crippen molar-refractivity contribution in [3.63, 3.8) is 0 Å². The van der Waals surface area contributed by atoms with E-state index in [0.29, 0.717) is 30.2 Å². The number of aromatic nitrogens is 2. The molecule has 194 valence electrons. The van der Waals surface area contributed by atoms with Crippen molar-refractivity contribution < 1.29 is 14.0 Å². The van der Waals surface area contributed by atoms with Crippen LogP contribution in [-0.2, 0) is 9.59 Å². The Morgan fingerprint density at radius 2 is 1.63 bits per heavy atom. The highest BCUT2D eigenvalue weighted by Crippen LogP contribution is 2.49. The average molecular weight is 486 g/mol. The summed E-state index contributed by atoms with van der Waals surface area (Å²) in [5.74, 6) is 2.65. The van der Waals surface area contributed by atoms with E-state index < -0.39 is 0 Å². The summed E-state index contributed by atoms with van der Waals surface area (Å²) in [5, 5.41) is 8.70. The Balaban J connectivity index is 1.25. The van der Waals surface area contributed by atoms with Crippen LogP contribution >= 0.6 is 0 Å². The maximum Gasteiger partial charge on any atom is 0.236 e. The van der Waals surface area contributed by atoms with Crippen LogP contribution in [0.25, 0.3) is 0 Å². The molecule has 4 aliphatic rings. The molecule has 2 amide bonds. The predicted octanol–water partition coefficient (Wildman–Crippen LogP) is 4.14. The molecular formula is C27H43N5O3. The number of likely N-dealkylation sites (tertiary alicyclic amines) is 3. The molecular weight excluding hydrogens is 442 g/mol. The lowest BCUT2D eigenvalue weighted by molar-refractivity contribution is -0.134. The quantitative estimate of drug-likeness (QED) is 0.602. The van der Waals surface area contributed by atoms with E-state index in [9.17, 15) is 9.59 Å². The third kappa shape index (κ3) is 5.57. The Morgan fingerprint density at radius 1 is 0.943 bits per heavy atom. The van der Waals surface area contributed by atoms with Crippen LogP contribution in [0.3, 0.4) is 0 Å². The number of rotatable bonds is 6. The first kappa shape index (κ1) is 24.7. The first-order valence-electron chi connectivity index (χ1n) is 14.1. The molecule has 0 bridgehead atoms. The maximum absolute atomic E-state index is 13.1. The summed E-state index contributed by atoms with van der Waals surface area (Å²) in [7, 11) is 0. The maximum atomic E-state index is 13.1. The molecule has 4 heterocycles. The van der Waals surface area contributed by atoms with Crippen LogP contribution in [0.1, 0.15) is 108 Å². The highest BCUT2D eigenvalue weighted by molar-refractivity contribution is 5.78. The highest BCUT2D eigenvalue weighted by Gasteiger charge is 2.49. The zero-order valence-corrected chi connectivity index (χ0v) is 21.7. The summed E-state index contributed by atoms with van der Waals surface area (Å²) in [6.45, 7) is 8.79. The molecule has 3 aliphatic heterocycles. The molecule has 4 fully saturated rings. The van der Waals surface area contributed by atoms with Crippen LogP contribution in [-0.4, -0.2) is 76.0 Å². The van der Waals surface area contributed by atoms with Gasteiger partial charge in [0.25, 0.3) is 0 Å². The molecule has 0 radical (unpaired) electrons. The second-order valence-corrected chi connectivity index (χ2v) is 11.9. The van der Waals surface area contributed by atoms with Gasteiger partial charge in [0.15, 0.2) is 0 Å². The van der Waals surface area contributed by atoms with Crippen molar-refractivity contribution in [2.24, 2.45) is 11.3 Å². The molecule has 8 heteroatoms. The van der Waals surface area contributed by atoms with Gasteiger partial charge in [-0.15, -0.1) is 10.2 Å². The van der Waals surface area contributed by atoms with E-state index in [2.05, 4.69) is 33.8 Å². The molecule has 5 rings (SSSR count). The van der Waals surface area contributed by atoms with Crippen molar-refractivity contribution in [2.45, 2.75) is 96.4 Å². The van der Waals surface area contributed by atoms with Crippen LogP contribution in [0.15, 0.2) is 4.42 Å². The fraction of sp³-hybridized carbons (Fsp3) is 0.852. The molecule has 1 aliphatic carbocycles. The third-order valence-electron chi connectivity index (χ3n) is 9.00. The molecule has 35 heavy (non-hydrogen) atoms. The van der Waals surface area contributed by atoms with E-state index in [0.717, 1.165) is 71.2 Å². The van der Waals surface area contributed by atoms with Crippen molar-refractivity contribution in [3.8, 4) is 0 Å². The molecule has 1 atom stereocenters. The molecule has 1 aromatic rings. The number of amides is 2. The minimum Gasteiger partial charge on any atom is -0.423 e. The van der Waals surface area contributed by atoms with Gasteiger partial charge in [0.05, 0.1) is 12.6 Å². The van der Waals surface area contributed by atoms with Gasteiger partial charge in [0.1, 0.15) is 0 Å². The summed E-state index contributed by atoms with van der Waals surface area (Å²) >= 11 is 0. The topological polar surface area (TPSA) is 82.8 Å². The summed E-state index contributed by atoms with van der Waals surface area (Å²) in [6, 6.07) is -0.0222. The van der Waals surface area contributed by atoms with Gasteiger partial charge in [-0.1, -0.05) is 33.1 Å². The van der Waals surface area contributed by atoms with Crippen LogP contribution in [0, 0.1) is 11.3 Å². The van der Waals surface area contributed by atoms with Crippen molar-refractivity contribution in [3.05, 3.63) is 11.8 Å². The largest absolute Gasteiger partial charge is 0.423 e. The van der Waals surface area contributed by atoms with Gasteiger partial charge in [-0.2, -0.15) is 0 Å². The summed E-state index contributed by atoms with van der Waals surface area (Å²) in [4.78, 5) is 32.5. The van der Waals surface area contributed by atoms with Gasteiger partial charge in [-0.25, -0.2) is 0 Å². The Hall–Kier alpha value is -1.96. The molecule has 0 N–H and O–H groups in total. The monoisotopic (exact) mass is 485 g/mol. The van der Waals surface area contributed by atoms with Crippen LogP contribution in [0.5, 0.6) is 0 Å². The lowest BCUT2D eigenvalue weighted by Gasteiger charge is -2.40. The third-order valence-corrected chi connectivity index (χ3v) is 9.00. The predicted molar refractivity (Wildman–Crippen MR) is 133 cm³/mol. The molecule has 1 unspecified atom stereocenters. The average Bonchev–Trinajstić information content (AvgIpc) is 3.61. The minimum atomic E-state index is -0.0222. The molecule has 1 spiro atoms. The van der Waals surface area contributed by atoms with E-state index in [4.69, 9.17) is 4.42 Å². The first-order valence-corrected chi connectivity index (χ1v) is 14.1. The Kier molecular flexibility index (Phi) is 7.47. The van der Waals surface area contributed by atoms with Crippen molar-refractivity contribution in [2.75, 3.05) is 39.3 Å². The van der Waals surface area contributed by atoms with Gasteiger partial charge in [-0.05, 0) is 56.3 Å². The normalized spacial score (nSPS) is 25.7. The van der Waals surface area contributed by atoms with Gasteiger partial charge >= 0.3 is 0 Å². The minimum absolute atomic E-state index is 0.0222. The number of hydrogen-bond donors (Lipinski definition) is 0. The van der Waals surface area contributed by atoms with Gasteiger partial charge in [-0.3, -0.25) is 14.5 Å². The Labute approximate surface area is 209 Å². The number of piperidine rings is 1. The second kappa shape index (κ2) is 10.6. The summed E-state index contributed by atoms with van der Waals surface area (Å²) < 4.78 is 6.09. The van der Waals surface area contributed by atoms with E-state index in [1.807, 2.05) is 4.90 Å². The molecule has 8 nitrogen and oxygen atoms in total. The van der Waals surface area contributed by atoms with E-state index in [1.54, 1.807) is 0 Å². The fourth-order valence-electron chi connectivity index (χ4n) is 6.77. The number of carbonyl (C=O) groups excluding carboxylic acids is 2. The lowest BCUT2D eigenvalue weighted by atomic mass is 9.76. The van der Waals surface area contributed by atoms with Crippen molar-refractivity contribution >= 4 is 11.8 Å². The lowest BCUT2D eigenvalue weighted by Crippen LogP contribution is -2.45. The second-order valence-electron chi connectivity index (χ2n) is 11.9. The molecule has 1 aromatic heterocycles. The number of nitrogens with zero attached hydrogens (tertiary/aromatic N) is 5. The summed E-state index contributed by atoms with van der Waals surface area (Å²) in [6.07, 6.45) is 12.1. The van der Waals surface area contributed by atoms with Crippen LogP contribution in [0.2, 0.25) is 0 Å². The molecule has 1 saturated carbocycles. The smallest absolute Gasteiger partial charge is 0.236 e. The van der Waals surface area contributed by atoms with E-state index in [-0.39, 0.29) is 23.3 Å².